The summed E-state index contributed by atoms with van der Waals surface area (Å²) < 4.78 is 51.5. The van der Waals surface area contributed by atoms with Crippen molar-refractivity contribution in [2.45, 2.75) is 6.36 Å². The first-order valence-corrected chi connectivity index (χ1v) is 3.46. The van der Waals surface area contributed by atoms with Crippen LogP contribution in [-0.2, 0) is 0 Å². The molecule has 0 unspecified atom stereocenters. The number of aliphatic hydroxyl groups excluding tert-OH is 1. The molecule has 0 aromatic heterocycles. The number of hydrogen-bond acceptors (Lipinski definition) is 2. The standard InChI is InChI=1S/C8H5F4O2/c9-6-3-1-2-5(4-13)7(6)14-8(10,11)12/h1-4,13H. The maximum Gasteiger partial charge on any atom is 0.573 e. The number of benzene rings is 1. The molecule has 6 heteroatoms. The molecule has 0 aliphatic carbocycles. The fourth-order valence-electron chi connectivity index (χ4n) is 0.851. The fraction of sp³-hybridized carbons (Fsp3) is 0.125. The average Bonchev–Trinajstić information content (AvgIpc) is 2.06. The smallest absolute Gasteiger partial charge is 0.402 e. The van der Waals surface area contributed by atoms with Crippen LogP contribution in [0.5, 0.6) is 5.75 Å². The van der Waals surface area contributed by atoms with Gasteiger partial charge in [0.15, 0.2) is 11.6 Å². The van der Waals surface area contributed by atoms with Gasteiger partial charge in [-0.2, -0.15) is 0 Å². The number of rotatable bonds is 2. The van der Waals surface area contributed by atoms with Crippen LogP contribution in [0.2, 0.25) is 0 Å². The number of hydrogen-bond donors (Lipinski definition) is 1. The normalized spacial score (nSPS) is 11.5. The molecule has 0 aliphatic heterocycles. The molecule has 77 valence electrons. The summed E-state index contributed by atoms with van der Waals surface area (Å²) >= 11 is 0. The average molecular weight is 209 g/mol. The molecule has 1 radical (unpaired) electrons. The summed E-state index contributed by atoms with van der Waals surface area (Å²) in [6.45, 7) is 0.337. The Bertz CT molecular complexity index is 322. The van der Waals surface area contributed by atoms with Crippen molar-refractivity contribution in [2.24, 2.45) is 0 Å². The van der Waals surface area contributed by atoms with E-state index in [0.29, 0.717) is 6.61 Å². The van der Waals surface area contributed by atoms with Crippen molar-refractivity contribution in [3.05, 3.63) is 36.2 Å². The topological polar surface area (TPSA) is 29.5 Å². The molecule has 0 spiro atoms. The number of alkyl halides is 3. The zero-order valence-electron chi connectivity index (χ0n) is 6.68. The molecule has 0 amide bonds. The molecule has 14 heavy (non-hydrogen) atoms. The zero-order chi connectivity index (χ0) is 10.8. The van der Waals surface area contributed by atoms with Gasteiger partial charge in [-0.3, -0.25) is 0 Å². The molecule has 1 N–H and O–H groups in total. The lowest BCUT2D eigenvalue weighted by molar-refractivity contribution is -0.275. The summed E-state index contributed by atoms with van der Waals surface area (Å²) in [6.07, 6.45) is -4.99. The number of halogens is 4. The van der Waals surface area contributed by atoms with Crippen molar-refractivity contribution in [3.8, 4) is 5.75 Å². The van der Waals surface area contributed by atoms with Gasteiger partial charge in [0.2, 0.25) is 0 Å². The minimum atomic E-state index is -4.99. The summed E-state index contributed by atoms with van der Waals surface area (Å²) in [5, 5.41) is 8.50. The van der Waals surface area contributed by atoms with E-state index >= 15 is 0 Å². The molecule has 0 heterocycles. The first-order valence-electron chi connectivity index (χ1n) is 3.46. The Morgan fingerprint density at radius 3 is 2.43 bits per heavy atom. The molecule has 1 rings (SSSR count). The van der Waals surface area contributed by atoms with Gasteiger partial charge in [0.1, 0.15) is 6.61 Å². The zero-order valence-corrected chi connectivity index (χ0v) is 6.68. The molecular weight excluding hydrogens is 204 g/mol. The van der Waals surface area contributed by atoms with Crippen molar-refractivity contribution in [2.75, 3.05) is 0 Å². The highest BCUT2D eigenvalue weighted by atomic mass is 19.4. The second kappa shape index (κ2) is 3.83. The highest BCUT2D eigenvalue weighted by Gasteiger charge is 2.33. The first kappa shape index (κ1) is 10.8. The summed E-state index contributed by atoms with van der Waals surface area (Å²) in [6, 6.07) is 3.04. The first-order chi connectivity index (χ1) is 6.44. The van der Waals surface area contributed by atoms with Gasteiger partial charge in [0.05, 0.1) is 0 Å². The van der Waals surface area contributed by atoms with Gasteiger partial charge < -0.3 is 9.84 Å². The molecule has 0 bridgehead atoms. The van der Waals surface area contributed by atoms with E-state index < -0.39 is 17.9 Å². The largest absolute Gasteiger partial charge is 0.573 e. The van der Waals surface area contributed by atoms with E-state index in [2.05, 4.69) is 4.74 Å². The second-order valence-corrected chi connectivity index (χ2v) is 2.34. The molecule has 0 aliphatic rings. The van der Waals surface area contributed by atoms with Crippen molar-refractivity contribution < 1.29 is 27.4 Å². The summed E-state index contributed by atoms with van der Waals surface area (Å²) in [7, 11) is 0. The van der Waals surface area contributed by atoms with Gasteiger partial charge in [-0.05, 0) is 6.07 Å². The third kappa shape index (κ3) is 2.59. The molecule has 0 saturated carbocycles. The van der Waals surface area contributed by atoms with E-state index in [1.165, 1.54) is 0 Å². The van der Waals surface area contributed by atoms with E-state index in [0.717, 1.165) is 18.2 Å². The summed E-state index contributed by atoms with van der Waals surface area (Å²) in [5.74, 6) is -2.23. The summed E-state index contributed by atoms with van der Waals surface area (Å²) in [4.78, 5) is 0. The Balaban J connectivity index is 3.05. The monoisotopic (exact) mass is 209 g/mol. The van der Waals surface area contributed by atoms with Gasteiger partial charge in [-0.25, -0.2) is 4.39 Å². The van der Waals surface area contributed by atoms with Gasteiger partial charge >= 0.3 is 6.36 Å². The molecule has 0 atom stereocenters. The molecule has 1 aromatic rings. The third-order valence-corrected chi connectivity index (χ3v) is 1.35. The Morgan fingerprint density at radius 2 is 1.93 bits per heavy atom. The van der Waals surface area contributed by atoms with Crippen LogP contribution < -0.4 is 4.74 Å². The van der Waals surface area contributed by atoms with Gasteiger partial charge in [0, 0.05) is 5.56 Å². The highest BCUT2D eigenvalue weighted by molar-refractivity contribution is 5.38. The maximum atomic E-state index is 12.8. The van der Waals surface area contributed by atoms with E-state index in [9.17, 15) is 17.6 Å². The highest BCUT2D eigenvalue weighted by Crippen LogP contribution is 2.29. The quantitative estimate of drug-likeness (QED) is 0.758. The third-order valence-electron chi connectivity index (χ3n) is 1.35. The number of aliphatic hydroxyl groups is 1. The minimum Gasteiger partial charge on any atom is -0.402 e. The van der Waals surface area contributed by atoms with Gasteiger partial charge in [-0.15, -0.1) is 13.2 Å². The van der Waals surface area contributed by atoms with Crippen LogP contribution >= 0.6 is 0 Å². The van der Waals surface area contributed by atoms with Crippen LogP contribution in [0.4, 0.5) is 17.6 Å². The van der Waals surface area contributed by atoms with Crippen LogP contribution in [0.15, 0.2) is 18.2 Å². The van der Waals surface area contributed by atoms with E-state index in [4.69, 9.17) is 5.11 Å². The van der Waals surface area contributed by atoms with Gasteiger partial charge in [0.25, 0.3) is 0 Å². The lowest BCUT2D eigenvalue weighted by Gasteiger charge is -2.12. The van der Waals surface area contributed by atoms with Crippen LogP contribution in [-0.4, -0.2) is 11.5 Å². The molecule has 0 saturated heterocycles. The maximum absolute atomic E-state index is 12.8. The molecular formula is C8H5F4O2. The minimum absolute atomic E-state index is 0.337. The fourth-order valence-corrected chi connectivity index (χ4v) is 0.851. The van der Waals surface area contributed by atoms with Crippen molar-refractivity contribution >= 4 is 0 Å². The van der Waals surface area contributed by atoms with Gasteiger partial charge in [-0.1, -0.05) is 12.1 Å². The van der Waals surface area contributed by atoms with E-state index in [1.807, 2.05) is 0 Å². The van der Waals surface area contributed by atoms with Crippen molar-refractivity contribution in [1.29, 1.82) is 0 Å². The SMILES string of the molecule is O[CH]c1cccc(F)c1OC(F)(F)F. The lowest BCUT2D eigenvalue weighted by atomic mass is 10.2. The van der Waals surface area contributed by atoms with Crippen LogP contribution in [0, 0.1) is 12.4 Å². The predicted molar refractivity (Wildman–Crippen MR) is 38.4 cm³/mol. The predicted octanol–water partition coefficient (Wildman–Crippen LogP) is 2.61. The number of para-hydroxylation sites is 1. The number of ether oxygens (including phenoxy) is 1. The second-order valence-electron chi connectivity index (χ2n) is 2.34. The summed E-state index contributed by atoms with van der Waals surface area (Å²) in [5.41, 5.74) is -0.373. The Labute approximate surface area is 76.7 Å². The lowest BCUT2D eigenvalue weighted by Crippen LogP contribution is -2.19. The van der Waals surface area contributed by atoms with Crippen molar-refractivity contribution in [1.82, 2.24) is 0 Å². The van der Waals surface area contributed by atoms with Crippen LogP contribution in [0.1, 0.15) is 5.56 Å². The Morgan fingerprint density at radius 1 is 1.29 bits per heavy atom. The molecule has 2 nitrogen and oxygen atoms in total. The van der Waals surface area contributed by atoms with E-state index in [-0.39, 0.29) is 5.56 Å². The Kier molecular flexibility index (Phi) is 2.95. The van der Waals surface area contributed by atoms with Crippen LogP contribution in [0.3, 0.4) is 0 Å². The Hall–Kier alpha value is -1.30. The van der Waals surface area contributed by atoms with Crippen LogP contribution in [0.25, 0.3) is 0 Å². The van der Waals surface area contributed by atoms with E-state index in [1.54, 1.807) is 0 Å². The molecule has 0 fully saturated rings. The van der Waals surface area contributed by atoms with Crippen molar-refractivity contribution in [3.63, 3.8) is 0 Å². The molecule has 1 aromatic carbocycles.